The van der Waals surface area contributed by atoms with E-state index in [1.54, 1.807) is 12.4 Å². The average Bonchev–Trinajstić information content (AvgIpc) is 3.31. The highest BCUT2D eigenvalue weighted by atomic mass is 16.5. The van der Waals surface area contributed by atoms with Crippen LogP contribution >= 0.6 is 0 Å². The first-order chi connectivity index (χ1) is 12.2. The van der Waals surface area contributed by atoms with E-state index in [1.807, 2.05) is 19.1 Å². The van der Waals surface area contributed by atoms with Crippen LogP contribution in [0.3, 0.4) is 0 Å². The molecule has 1 aliphatic rings. The minimum atomic E-state index is -0.285. The van der Waals surface area contributed by atoms with Gasteiger partial charge in [0.25, 0.3) is 5.91 Å². The van der Waals surface area contributed by atoms with Crippen molar-refractivity contribution in [2.45, 2.75) is 38.6 Å². The van der Waals surface area contributed by atoms with Crippen molar-refractivity contribution in [2.75, 3.05) is 5.32 Å². The van der Waals surface area contributed by atoms with Crippen LogP contribution < -0.4 is 5.32 Å². The number of carbonyl (C=O) groups is 1. The number of hydrogen-bond acceptors (Lipinski definition) is 5. The zero-order valence-corrected chi connectivity index (χ0v) is 14.0. The number of nitrogens with zero attached hydrogens (tertiary/aromatic N) is 4. The van der Waals surface area contributed by atoms with Gasteiger partial charge in [-0.2, -0.15) is 0 Å². The molecule has 1 N–H and O–H groups in total. The van der Waals surface area contributed by atoms with Gasteiger partial charge in [-0.1, -0.05) is 24.2 Å². The molecular weight excluding hydrogens is 318 g/mol. The average molecular weight is 337 g/mol. The van der Waals surface area contributed by atoms with E-state index >= 15 is 0 Å². The minimum absolute atomic E-state index is 0.230. The predicted molar refractivity (Wildman–Crippen MR) is 91.4 cm³/mol. The Kier molecular flexibility index (Phi) is 4.05. The van der Waals surface area contributed by atoms with E-state index in [0.29, 0.717) is 5.92 Å². The van der Waals surface area contributed by atoms with Crippen molar-refractivity contribution in [3.63, 3.8) is 0 Å². The van der Waals surface area contributed by atoms with Crippen LogP contribution in [-0.2, 0) is 19.4 Å². The third-order valence-corrected chi connectivity index (χ3v) is 4.61. The van der Waals surface area contributed by atoms with Crippen molar-refractivity contribution in [2.24, 2.45) is 0 Å². The van der Waals surface area contributed by atoms with Gasteiger partial charge in [-0.25, -0.2) is 0 Å². The molecule has 3 heterocycles. The quantitative estimate of drug-likeness (QED) is 0.791. The second kappa shape index (κ2) is 6.51. The van der Waals surface area contributed by atoms with Gasteiger partial charge >= 0.3 is 0 Å². The van der Waals surface area contributed by atoms with Crippen LogP contribution in [0.2, 0.25) is 0 Å². The molecule has 7 nitrogen and oxygen atoms in total. The van der Waals surface area contributed by atoms with Gasteiger partial charge in [-0.05, 0) is 30.5 Å². The number of benzene rings is 1. The van der Waals surface area contributed by atoms with E-state index in [2.05, 4.69) is 37.4 Å². The van der Waals surface area contributed by atoms with Gasteiger partial charge < -0.3 is 14.4 Å². The van der Waals surface area contributed by atoms with Gasteiger partial charge in [0.2, 0.25) is 5.76 Å². The molecule has 0 saturated carbocycles. The Morgan fingerprint density at radius 3 is 2.96 bits per heavy atom. The number of amides is 1. The van der Waals surface area contributed by atoms with E-state index < -0.39 is 0 Å². The zero-order chi connectivity index (χ0) is 17.2. The predicted octanol–water partition coefficient (Wildman–Crippen LogP) is 2.81. The Hall–Kier alpha value is -2.96. The number of aromatic nitrogens is 4. The number of hydrogen-bond donors (Lipinski definition) is 1. The maximum absolute atomic E-state index is 12.2. The van der Waals surface area contributed by atoms with E-state index in [4.69, 9.17) is 4.52 Å². The van der Waals surface area contributed by atoms with E-state index in [1.165, 1.54) is 5.56 Å². The van der Waals surface area contributed by atoms with Crippen molar-refractivity contribution < 1.29 is 9.32 Å². The van der Waals surface area contributed by atoms with Crippen molar-refractivity contribution in [3.05, 3.63) is 59.5 Å². The maximum Gasteiger partial charge on any atom is 0.294 e. The summed E-state index contributed by atoms with van der Waals surface area (Å²) in [4.78, 5) is 12.2. The standard InChI is InChI=1S/C18H19N5O2/c1-2-14-9-16(25-22-14)18(24)20-15-6-3-12(4-7-15)13-5-8-17-21-19-11-23(17)10-13/h3-4,6-7,9,11,13H,2,5,8,10H2,1H3,(H,20,24). The Morgan fingerprint density at radius 2 is 2.20 bits per heavy atom. The summed E-state index contributed by atoms with van der Waals surface area (Å²) in [6.45, 7) is 2.86. The Bertz CT molecular complexity index is 881. The normalized spacial score (nSPS) is 16.4. The summed E-state index contributed by atoms with van der Waals surface area (Å²) in [7, 11) is 0. The Balaban J connectivity index is 1.43. The van der Waals surface area contributed by atoms with Gasteiger partial charge in [0.15, 0.2) is 0 Å². The van der Waals surface area contributed by atoms with Crippen LogP contribution in [-0.4, -0.2) is 25.8 Å². The summed E-state index contributed by atoms with van der Waals surface area (Å²) < 4.78 is 7.17. The fourth-order valence-electron chi connectivity index (χ4n) is 3.15. The van der Waals surface area contributed by atoms with Crippen LogP contribution in [0.4, 0.5) is 5.69 Å². The zero-order valence-electron chi connectivity index (χ0n) is 14.0. The molecule has 1 atom stereocenters. The first-order valence-electron chi connectivity index (χ1n) is 8.46. The van der Waals surface area contributed by atoms with Crippen LogP contribution in [0.5, 0.6) is 0 Å². The third-order valence-electron chi connectivity index (χ3n) is 4.61. The molecule has 1 unspecified atom stereocenters. The molecule has 7 heteroatoms. The fourth-order valence-corrected chi connectivity index (χ4v) is 3.15. The largest absolute Gasteiger partial charge is 0.351 e. The second-order valence-electron chi connectivity index (χ2n) is 6.25. The summed E-state index contributed by atoms with van der Waals surface area (Å²) in [5.74, 6) is 1.44. The lowest BCUT2D eigenvalue weighted by atomic mass is 9.91. The number of anilines is 1. The molecule has 0 aliphatic carbocycles. The monoisotopic (exact) mass is 337 g/mol. The summed E-state index contributed by atoms with van der Waals surface area (Å²) in [5.41, 5.74) is 2.76. The lowest BCUT2D eigenvalue weighted by Gasteiger charge is -2.23. The molecule has 25 heavy (non-hydrogen) atoms. The van der Waals surface area contributed by atoms with Gasteiger partial charge in [0.05, 0.1) is 5.69 Å². The van der Waals surface area contributed by atoms with Gasteiger partial charge in [0, 0.05) is 30.6 Å². The first-order valence-corrected chi connectivity index (χ1v) is 8.46. The van der Waals surface area contributed by atoms with Crippen molar-refractivity contribution in [3.8, 4) is 0 Å². The molecule has 0 bridgehead atoms. The summed E-state index contributed by atoms with van der Waals surface area (Å²) >= 11 is 0. The molecule has 0 fully saturated rings. The molecule has 4 rings (SSSR count). The van der Waals surface area contributed by atoms with Crippen molar-refractivity contribution in [1.82, 2.24) is 19.9 Å². The lowest BCUT2D eigenvalue weighted by Crippen LogP contribution is -2.18. The van der Waals surface area contributed by atoms with Gasteiger partial charge in [-0.3, -0.25) is 4.79 Å². The maximum atomic E-state index is 12.2. The van der Waals surface area contributed by atoms with Crippen LogP contribution in [0.1, 0.15) is 46.9 Å². The minimum Gasteiger partial charge on any atom is -0.351 e. The molecule has 1 aliphatic heterocycles. The molecule has 0 spiro atoms. The van der Waals surface area contributed by atoms with Gasteiger partial charge in [0.1, 0.15) is 12.2 Å². The molecule has 1 amide bonds. The first kappa shape index (κ1) is 15.6. The Morgan fingerprint density at radius 1 is 1.36 bits per heavy atom. The molecule has 128 valence electrons. The number of rotatable bonds is 4. The molecule has 1 aromatic carbocycles. The highest BCUT2D eigenvalue weighted by Crippen LogP contribution is 2.28. The number of nitrogens with one attached hydrogen (secondary N) is 1. The van der Waals surface area contributed by atoms with Gasteiger partial charge in [-0.15, -0.1) is 10.2 Å². The number of carbonyl (C=O) groups excluding carboxylic acids is 1. The lowest BCUT2D eigenvalue weighted by molar-refractivity contribution is 0.0988. The highest BCUT2D eigenvalue weighted by molar-refractivity contribution is 6.02. The van der Waals surface area contributed by atoms with E-state index in [9.17, 15) is 4.79 Å². The summed E-state index contributed by atoms with van der Waals surface area (Å²) in [6.07, 6.45) is 4.52. The number of fused-ring (bicyclic) bond motifs is 1. The van der Waals surface area contributed by atoms with E-state index in [-0.39, 0.29) is 11.7 Å². The van der Waals surface area contributed by atoms with Crippen LogP contribution in [0.15, 0.2) is 41.2 Å². The second-order valence-corrected chi connectivity index (χ2v) is 6.25. The fraction of sp³-hybridized carbons (Fsp3) is 0.333. The highest BCUT2D eigenvalue weighted by Gasteiger charge is 2.21. The molecule has 0 radical (unpaired) electrons. The number of aryl methyl sites for hydroxylation is 2. The van der Waals surface area contributed by atoms with E-state index in [0.717, 1.165) is 43.0 Å². The SMILES string of the molecule is CCc1cc(C(=O)Nc2ccc(C3CCc4nncn4C3)cc2)on1. The Labute approximate surface area is 145 Å². The van der Waals surface area contributed by atoms with Crippen LogP contribution in [0, 0.1) is 0 Å². The molecule has 2 aromatic heterocycles. The molecule has 0 saturated heterocycles. The smallest absolute Gasteiger partial charge is 0.294 e. The third kappa shape index (κ3) is 3.17. The van der Waals surface area contributed by atoms with Crippen molar-refractivity contribution in [1.29, 1.82) is 0 Å². The topological polar surface area (TPSA) is 85.8 Å². The van der Waals surface area contributed by atoms with Crippen molar-refractivity contribution >= 4 is 11.6 Å². The summed E-state index contributed by atoms with van der Waals surface area (Å²) in [6, 6.07) is 9.64. The van der Waals surface area contributed by atoms with Crippen LogP contribution in [0.25, 0.3) is 0 Å². The molecular formula is C18H19N5O2. The molecule has 3 aromatic rings. The summed E-state index contributed by atoms with van der Waals surface area (Å²) in [5, 5.41) is 14.8.